The summed E-state index contributed by atoms with van der Waals surface area (Å²) in [5, 5.41) is 54.3. The van der Waals surface area contributed by atoms with Crippen molar-refractivity contribution in [2.75, 3.05) is 19.8 Å². The molecule has 0 aromatic carbocycles. The number of aliphatic hydroxyl groups is 5. The van der Waals surface area contributed by atoms with E-state index in [1.807, 2.05) is 6.08 Å². The van der Waals surface area contributed by atoms with E-state index in [4.69, 9.17) is 14.2 Å². The Balaban J connectivity index is 1.87. The normalized spacial score (nSPS) is 17.9. The highest BCUT2D eigenvalue weighted by Gasteiger charge is 2.44. The molecule has 11 heteroatoms. The Morgan fingerprint density at radius 2 is 0.739 bits per heavy atom. The molecule has 0 aliphatic carbocycles. The van der Waals surface area contributed by atoms with Crippen LogP contribution in [0.1, 0.15) is 367 Å². The van der Waals surface area contributed by atoms with Crippen LogP contribution < -0.4 is 5.32 Å². The highest BCUT2D eigenvalue weighted by molar-refractivity contribution is 5.76. The van der Waals surface area contributed by atoms with Crippen molar-refractivity contribution < 1.29 is 49.3 Å². The zero-order valence-corrected chi connectivity index (χ0v) is 59.8. The number of carbonyl (C=O) groups excluding carboxylic acids is 2. The predicted octanol–water partition coefficient (Wildman–Crippen LogP) is 21.0. The summed E-state index contributed by atoms with van der Waals surface area (Å²) in [5.41, 5.74) is 0. The Kier molecular flexibility index (Phi) is 65.8. The molecule has 536 valence electrons. The van der Waals surface area contributed by atoms with Crippen molar-refractivity contribution >= 4 is 11.9 Å². The molecule has 1 rings (SSSR count). The summed E-state index contributed by atoms with van der Waals surface area (Å²) in [7, 11) is 0. The minimum absolute atomic E-state index is 0.00491. The van der Waals surface area contributed by atoms with Crippen molar-refractivity contribution in [3.05, 3.63) is 72.9 Å². The van der Waals surface area contributed by atoms with E-state index < -0.39 is 49.5 Å². The van der Waals surface area contributed by atoms with Crippen LogP contribution in [-0.2, 0) is 23.8 Å². The van der Waals surface area contributed by atoms with Gasteiger partial charge in [0.15, 0.2) is 6.29 Å². The molecule has 0 saturated carbocycles. The highest BCUT2D eigenvalue weighted by Crippen LogP contribution is 2.23. The topological polar surface area (TPSA) is 175 Å². The lowest BCUT2D eigenvalue weighted by molar-refractivity contribution is -0.302. The number of aliphatic hydroxyl groups excluding tert-OH is 5. The van der Waals surface area contributed by atoms with Crippen LogP contribution in [-0.4, -0.2) is 100 Å². The van der Waals surface area contributed by atoms with Crippen LogP contribution in [0.25, 0.3) is 0 Å². The average molecular weight is 1300 g/mol. The molecule has 0 spiro atoms. The first kappa shape index (κ1) is 87.1. The van der Waals surface area contributed by atoms with E-state index >= 15 is 0 Å². The number of esters is 1. The number of ether oxygens (including phenoxy) is 3. The van der Waals surface area contributed by atoms with Crippen LogP contribution in [0, 0.1) is 0 Å². The minimum atomic E-state index is -1.58. The third kappa shape index (κ3) is 57.4. The number of carbonyl (C=O) groups is 2. The van der Waals surface area contributed by atoms with Crippen molar-refractivity contribution in [3.8, 4) is 0 Å². The first-order valence-electron chi connectivity index (χ1n) is 39.2. The van der Waals surface area contributed by atoms with Gasteiger partial charge in [0, 0.05) is 12.8 Å². The van der Waals surface area contributed by atoms with Crippen molar-refractivity contribution in [2.24, 2.45) is 0 Å². The quantitative estimate of drug-likeness (QED) is 0.0195. The van der Waals surface area contributed by atoms with Gasteiger partial charge in [-0.2, -0.15) is 0 Å². The van der Waals surface area contributed by atoms with E-state index in [0.29, 0.717) is 19.4 Å². The van der Waals surface area contributed by atoms with E-state index in [1.54, 1.807) is 6.08 Å². The summed E-state index contributed by atoms with van der Waals surface area (Å²) in [6.07, 6.45) is 85.2. The maximum atomic E-state index is 13.0. The molecule has 0 aromatic rings. The molecule has 1 aliphatic heterocycles. The van der Waals surface area contributed by atoms with E-state index in [-0.39, 0.29) is 18.5 Å². The van der Waals surface area contributed by atoms with Gasteiger partial charge in [-0.05, 0) is 109 Å². The summed E-state index contributed by atoms with van der Waals surface area (Å²) in [6, 6.07) is -0.825. The van der Waals surface area contributed by atoms with Gasteiger partial charge in [0.2, 0.25) is 5.91 Å². The Hall–Kier alpha value is -2.90. The molecule has 92 heavy (non-hydrogen) atoms. The molecule has 1 aliphatic rings. The molecule has 11 nitrogen and oxygen atoms in total. The molecule has 1 saturated heterocycles. The standard InChI is InChI=1S/C81H147NO10/c1-3-5-7-9-11-13-14-15-16-17-40-43-46-49-53-57-61-65-69-77(86)90-70-66-62-58-54-50-47-44-41-38-36-34-32-30-28-26-24-22-20-18-19-21-23-25-27-29-31-33-35-37-39-42-45-48-52-56-60-64-68-76(85)82-73(74(84)67-63-59-55-51-12-10-8-6-4-2)72-91-81-80(89)79(88)78(87)75(71-83)92-81/h12-14,16-18,20,24,26,51,63,67,73-75,78-81,83-84,87-89H,3-11,15,19,21-23,25,27-50,52-62,64-66,68-72H2,1-2H3,(H,82,85)/b14-13-,17-16-,20-18-,26-24-,51-12+,67-63+. The summed E-state index contributed by atoms with van der Waals surface area (Å²) in [4.78, 5) is 25.1. The van der Waals surface area contributed by atoms with E-state index in [1.165, 1.54) is 270 Å². The van der Waals surface area contributed by atoms with Crippen molar-refractivity contribution in [2.45, 2.75) is 410 Å². The smallest absolute Gasteiger partial charge is 0.305 e. The predicted molar refractivity (Wildman–Crippen MR) is 389 cm³/mol. The molecular weight excluding hydrogens is 1150 g/mol. The molecule has 1 fully saturated rings. The summed E-state index contributed by atoms with van der Waals surface area (Å²) < 4.78 is 16.7. The van der Waals surface area contributed by atoms with Gasteiger partial charge in [0.1, 0.15) is 24.4 Å². The second-order valence-corrected chi connectivity index (χ2v) is 27.0. The largest absolute Gasteiger partial charge is 0.466 e. The molecule has 0 bridgehead atoms. The van der Waals surface area contributed by atoms with Gasteiger partial charge in [-0.25, -0.2) is 0 Å². The number of hydrogen-bond acceptors (Lipinski definition) is 10. The Morgan fingerprint density at radius 3 is 1.16 bits per heavy atom. The van der Waals surface area contributed by atoms with Crippen LogP contribution in [0.2, 0.25) is 0 Å². The average Bonchev–Trinajstić information content (AvgIpc) is 1.01. The maximum Gasteiger partial charge on any atom is 0.305 e. The van der Waals surface area contributed by atoms with Crippen LogP contribution in [0.5, 0.6) is 0 Å². The third-order valence-corrected chi connectivity index (χ3v) is 18.3. The molecular formula is C81H147NO10. The van der Waals surface area contributed by atoms with Gasteiger partial charge in [-0.15, -0.1) is 0 Å². The minimum Gasteiger partial charge on any atom is -0.466 e. The Morgan fingerprint density at radius 1 is 0.402 bits per heavy atom. The van der Waals surface area contributed by atoms with E-state index in [2.05, 4.69) is 79.9 Å². The molecule has 0 radical (unpaired) electrons. The summed E-state index contributed by atoms with van der Waals surface area (Å²) in [6.45, 7) is 4.29. The number of unbranched alkanes of at least 4 members (excludes halogenated alkanes) is 45. The summed E-state index contributed by atoms with van der Waals surface area (Å²) >= 11 is 0. The van der Waals surface area contributed by atoms with Crippen LogP contribution in [0.15, 0.2) is 72.9 Å². The highest BCUT2D eigenvalue weighted by atomic mass is 16.7. The Bertz CT molecular complexity index is 1760. The van der Waals surface area contributed by atoms with Gasteiger partial charge in [-0.3, -0.25) is 9.59 Å². The number of nitrogens with one attached hydrogen (secondary N) is 1. The molecule has 7 atom stereocenters. The number of allylic oxidation sites excluding steroid dienone is 11. The zero-order chi connectivity index (χ0) is 66.5. The monoisotopic (exact) mass is 1290 g/mol. The fraction of sp³-hybridized carbons (Fsp3) is 0.827. The van der Waals surface area contributed by atoms with Crippen molar-refractivity contribution in [1.29, 1.82) is 0 Å². The fourth-order valence-corrected chi connectivity index (χ4v) is 12.1. The molecule has 6 N–H and O–H groups in total. The lowest BCUT2D eigenvalue weighted by Gasteiger charge is -2.40. The maximum absolute atomic E-state index is 13.0. The van der Waals surface area contributed by atoms with Crippen LogP contribution in [0.4, 0.5) is 0 Å². The van der Waals surface area contributed by atoms with Gasteiger partial charge < -0.3 is 45.1 Å². The first-order valence-corrected chi connectivity index (χ1v) is 39.2. The first-order chi connectivity index (χ1) is 45.2. The second-order valence-electron chi connectivity index (χ2n) is 27.0. The van der Waals surface area contributed by atoms with Crippen LogP contribution in [0.3, 0.4) is 0 Å². The van der Waals surface area contributed by atoms with Gasteiger partial charge in [0.25, 0.3) is 0 Å². The van der Waals surface area contributed by atoms with Gasteiger partial charge in [-0.1, -0.05) is 318 Å². The number of rotatable bonds is 69. The third-order valence-electron chi connectivity index (χ3n) is 18.3. The Labute approximate surface area is 566 Å². The fourth-order valence-electron chi connectivity index (χ4n) is 12.1. The van der Waals surface area contributed by atoms with E-state index in [9.17, 15) is 35.1 Å². The SMILES string of the molecule is CCCCC/C=C/CC/C=C/C(O)C(COC1OC(CO)C(O)C(O)C1O)NC(=O)CCCCCCCCCCCCCCCCCCC/C=C\C/C=C\CCCCCCCCCCCCCCCOC(=O)CCCCCCCCC/C=C\C/C=C\CCCCCC. The summed E-state index contributed by atoms with van der Waals surface area (Å²) in [5.74, 6) is -0.186. The van der Waals surface area contributed by atoms with Gasteiger partial charge in [0.05, 0.1) is 32.0 Å². The van der Waals surface area contributed by atoms with Crippen molar-refractivity contribution in [3.63, 3.8) is 0 Å². The van der Waals surface area contributed by atoms with Crippen molar-refractivity contribution in [1.82, 2.24) is 5.32 Å². The van der Waals surface area contributed by atoms with E-state index in [0.717, 1.165) is 70.6 Å². The van der Waals surface area contributed by atoms with Crippen LogP contribution >= 0.6 is 0 Å². The lowest BCUT2D eigenvalue weighted by atomic mass is 9.99. The zero-order valence-electron chi connectivity index (χ0n) is 59.8. The molecule has 7 unspecified atom stereocenters. The molecule has 1 heterocycles. The molecule has 0 aromatic heterocycles. The number of amides is 1. The van der Waals surface area contributed by atoms with Gasteiger partial charge >= 0.3 is 5.97 Å². The second kappa shape index (κ2) is 69.5. The number of hydrogen-bond donors (Lipinski definition) is 6. The lowest BCUT2D eigenvalue weighted by Crippen LogP contribution is -2.60. The molecule has 1 amide bonds.